The van der Waals surface area contributed by atoms with Crippen molar-refractivity contribution in [2.75, 3.05) is 13.2 Å². The van der Waals surface area contributed by atoms with E-state index in [-0.39, 0.29) is 0 Å². The number of hydrogen-bond acceptors (Lipinski definition) is 2. The van der Waals surface area contributed by atoms with E-state index in [0.717, 1.165) is 5.57 Å². The highest BCUT2D eigenvalue weighted by atomic mass is 16.5. The van der Waals surface area contributed by atoms with Crippen LogP contribution in [0.15, 0.2) is 65.7 Å². The van der Waals surface area contributed by atoms with Gasteiger partial charge in [0.15, 0.2) is 0 Å². The molecule has 2 aromatic rings. The van der Waals surface area contributed by atoms with E-state index in [1.54, 1.807) is 0 Å². The van der Waals surface area contributed by atoms with E-state index in [1.807, 2.05) is 13.8 Å². The Balaban J connectivity index is 1.97. The van der Waals surface area contributed by atoms with Crippen molar-refractivity contribution >= 4 is 5.90 Å². The average molecular weight is 291 g/mol. The fourth-order valence-corrected chi connectivity index (χ4v) is 3.07. The van der Waals surface area contributed by atoms with Crippen molar-refractivity contribution in [3.05, 3.63) is 71.8 Å². The first-order chi connectivity index (χ1) is 10.7. The van der Waals surface area contributed by atoms with E-state index >= 15 is 0 Å². The second kappa shape index (κ2) is 6.18. The first-order valence-electron chi connectivity index (χ1n) is 7.73. The van der Waals surface area contributed by atoms with Gasteiger partial charge < -0.3 is 4.74 Å². The summed E-state index contributed by atoms with van der Waals surface area (Å²) in [4.78, 5) is 4.69. The largest absolute Gasteiger partial charge is 0.478 e. The van der Waals surface area contributed by atoms with Gasteiger partial charge >= 0.3 is 0 Å². The van der Waals surface area contributed by atoms with Crippen LogP contribution in [0.3, 0.4) is 0 Å². The summed E-state index contributed by atoms with van der Waals surface area (Å²) in [6.07, 6.45) is 0. The molecule has 0 N–H and O–H groups in total. The van der Waals surface area contributed by atoms with E-state index in [2.05, 4.69) is 60.1 Å². The lowest BCUT2D eigenvalue weighted by Crippen LogP contribution is -2.09. The summed E-state index contributed by atoms with van der Waals surface area (Å²) >= 11 is 0. The number of hydrogen-bond donors (Lipinski definition) is 0. The fourth-order valence-electron chi connectivity index (χ4n) is 3.07. The molecule has 2 aromatic carbocycles. The molecular weight excluding hydrogens is 270 g/mol. The Morgan fingerprint density at radius 2 is 1.59 bits per heavy atom. The van der Waals surface area contributed by atoms with Gasteiger partial charge in [0.05, 0.1) is 13.2 Å². The summed E-state index contributed by atoms with van der Waals surface area (Å²) in [7, 11) is 0. The van der Waals surface area contributed by atoms with Crippen LogP contribution in [-0.2, 0) is 4.74 Å². The maximum Gasteiger partial charge on any atom is 0.210 e. The van der Waals surface area contributed by atoms with Gasteiger partial charge in [-0.05, 0) is 36.1 Å². The monoisotopic (exact) mass is 291 g/mol. The van der Waals surface area contributed by atoms with Crippen molar-refractivity contribution in [1.82, 2.24) is 0 Å². The van der Waals surface area contributed by atoms with Crippen molar-refractivity contribution < 1.29 is 4.74 Å². The van der Waals surface area contributed by atoms with Crippen molar-refractivity contribution in [2.45, 2.75) is 19.8 Å². The SMILES string of the molecule is C=C(C)C(=NCC1c2ccccc2-c2ccccc21)OCC. The summed E-state index contributed by atoms with van der Waals surface area (Å²) in [6.45, 7) is 9.16. The van der Waals surface area contributed by atoms with Gasteiger partial charge in [-0.15, -0.1) is 0 Å². The van der Waals surface area contributed by atoms with Crippen molar-refractivity contribution in [3.8, 4) is 11.1 Å². The first kappa shape index (κ1) is 14.6. The predicted molar refractivity (Wildman–Crippen MR) is 92.5 cm³/mol. The Morgan fingerprint density at radius 3 is 2.09 bits per heavy atom. The van der Waals surface area contributed by atoms with Gasteiger partial charge in [-0.25, -0.2) is 0 Å². The highest BCUT2D eigenvalue weighted by Gasteiger charge is 2.27. The highest BCUT2D eigenvalue weighted by molar-refractivity contribution is 5.92. The van der Waals surface area contributed by atoms with Gasteiger partial charge in [0.25, 0.3) is 0 Å². The molecule has 1 aliphatic rings. The molecule has 0 saturated heterocycles. The minimum Gasteiger partial charge on any atom is -0.478 e. The third-order valence-corrected chi connectivity index (χ3v) is 4.03. The zero-order valence-electron chi connectivity index (χ0n) is 13.2. The predicted octanol–water partition coefficient (Wildman–Crippen LogP) is 4.81. The molecular formula is C20H21NO. The van der Waals surface area contributed by atoms with Crippen LogP contribution in [0.5, 0.6) is 0 Å². The van der Waals surface area contributed by atoms with Gasteiger partial charge in [0, 0.05) is 11.5 Å². The Labute approximate surface area is 132 Å². The minimum absolute atomic E-state index is 0.294. The topological polar surface area (TPSA) is 21.6 Å². The number of aliphatic imine (C=N–C) groups is 1. The van der Waals surface area contributed by atoms with Gasteiger partial charge in [-0.3, -0.25) is 4.99 Å². The molecule has 0 aliphatic heterocycles. The van der Waals surface area contributed by atoms with Crippen LogP contribution in [-0.4, -0.2) is 19.0 Å². The number of nitrogens with zero attached hydrogens (tertiary/aromatic N) is 1. The average Bonchev–Trinajstić information content (AvgIpc) is 2.85. The molecule has 2 heteroatoms. The maximum absolute atomic E-state index is 5.59. The van der Waals surface area contributed by atoms with Crippen LogP contribution in [0.4, 0.5) is 0 Å². The van der Waals surface area contributed by atoms with E-state index in [4.69, 9.17) is 4.74 Å². The Hall–Kier alpha value is -2.35. The summed E-state index contributed by atoms with van der Waals surface area (Å²) in [5.74, 6) is 0.964. The van der Waals surface area contributed by atoms with Gasteiger partial charge in [-0.1, -0.05) is 55.1 Å². The zero-order valence-corrected chi connectivity index (χ0v) is 13.2. The van der Waals surface area contributed by atoms with Crippen LogP contribution in [0.1, 0.15) is 30.9 Å². The molecule has 0 spiro atoms. The number of benzene rings is 2. The van der Waals surface area contributed by atoms with Gasteiger partial charge in [0.2, 0.25) is 5.90 Å². The molecule has 0 unspecified atom stereocenters. The van der Waals surface area contributed by atoms with E-state index in [0.29, 0.717) is 25.0 Å². The van der Waals surface area contributed by atoms with Crippen molar-refractivity contribution in [1.29, 1.82) is 0 Å². The lowest BCUT2D eigenvalue weighted by molar-refractivity contribution is 0.326. The van der Waals surface area contributed by atoms with E-state index in [1.165, 1.54) is 22.3 Å². The normalized spacial score (nSPS) is 13.6. The third kappa shape index (κ3) is 2.57. The molecule has 0 atom stereocenters. The number of rotatable bonds is 4. The van der Waals surface area contributed by atoms with Crippen LogP contribution >= 0.6 is 0 Å². The third-order valence-electron chi connectivity index (χ3n) is 4.03. The lowest BCUT2D eigenvalue weighted by atomic mass is 9.97. The molecule has 22 heavy (non-hydrogen) atoms. The molecule has 1 aliphatic carbocycles. The standard InChI is InChI=1S/C20H21NO/c1-4-22-20(14(2)3)21-13-19-17-11-7-5-9-15(17)16-10-6-8-12-18(16)19/h5-12,19H,2,4,13H2,1,3H3. The molecule has 0 heterocycles. The summed E-state index contributed by atoms with van der Waals surface area (Å²) < 4.78 is 5.59. The number of ether oxygens (including phenoxy) is 1. The van der Waals surface area contributed by atoms with Crippen molar-refractivity contribution in [2.24, 2.45) is 4.99 Å². The molecule has 0 amide bonds. The van der Waals surface area contributed by atoms with Gasteiger partial charge in [0.1, 0.15) is 0 Å². The zero-order chi connectivity index (χ0) is 15.5. The fraction of sp³-hybridized carbons (Fsp3) is 0.250. The highest BCUT2D eigenvalue weighted by Crippen LogP contribution is 2.44. The Kier molecular flexibility index (Phi) is 4.10. The molecule has 0 fully saturated rings. The molecule has 0 saturated carbocycles. The van der Waals surface area contributed by atoms with E-state index < -0.39 is 0 Å². The molecule has 0 aromatic heterocycles. The van der Waals surface area contributed by atoms with Crippen LogP contribution < -0.4 is 0 Å². The second-order valence-corrected chi connectivity index (χ2v) is 5.59. The summed E-state index contributed by atoms with van der Waals surface area (Å²) in [5, 5.41) is 0. The second-order valence-electron chi connectivity index (χ2n) is 5.59. The van der Waals surface area contributed by atoms with Crippen LogP contribution in [0, 0.1) is 0 Å². The summed E-state index contributed by atoms with van der Waals surface area (Å²) in [5.41, 5.74) is 6.23. The Bertz CT molecular complexity index is 684. The van der Waals surface area contributed by atoms with E-state index in [9.17, 15) is 0 Å². The lowest BCUT2D eigenvalue weighted by Gasteiger charge is -2.13. The number of fused-ring (bicyclic) bond motifs is 3. The first-order valence-corrected chi connectivity index (χ1v) is 7.73. The van der Waals surface area contributed by atoms with Crippen LogP contribution in [0.2, 0.25) is 0 Å². The van der Waals surface area contributed by atoms with Crippen molar-refractivity contribution in [3.63, 3.8) is 0 Å². The molecule has 2 nitrogen and oxygen atoms in total. The quantitative estimate of drug-likeness (QED) is 0.585. The minimum atomic E-state index is 0.294. The Morgan fingerprint density at radius 1 is 1.05 bits per heavy atom. The maximum atomic E-state index is 5.59. The van der Waals surface area contributed by atoms with Crippen LogP contribution in [0.25, 0.3) is 11.1 Å². The molecule has 112 valence electrons. The molecule has 0 bridgehead atoms. The molecule has 0 radical (unpaired) electrons. The van der Waals surface area contributed by atoms with Gasteiger partial charge in [-0.2, -0.15) is 0 Å². The molecule has 3 rings (SSSR count). The smallest absolute Gasteiger partial charge is 0.210 e. The summed E-state index contributed by atoms with van der Waals surface area (Å²) in [6, 6.07) is 17.2.